The number of furan rings is 1. The van der Waals surface area contributed by atoms with Gasteiger partial charge in [-0.05, 0) is 31.9 Å². The molecule has 0 radical (unpaired) electrons. The van der Waals surface area contributed by atoms with Crippen LogP contribution >= 0.6 is 0 Å². The normalized spacial score (nSPS) is 15.5. The van der Waals surface area contributed by atoms with Crippen LogP contribution in [-0.4, -0.2) is 17.7 Å². The summed E-state index contributed by atoms with van der Waals surface area (Å²) in [7, 11) is 0. The lowest BCUT2D eigenvalue weighted by atomic mass is 10.0. The first-order valence-corrected chi connectivity index (χ1v) is 5.60. The van der Waals surface area contributed by atoms with Crippen LogP contribution in [0.25, 0.3) is 0 Å². The van der Waals surface area contributed by atoms with Crippen LogP contribution in [0.3, 0.4) is 0 Å². The van der Waals surface area contributed by atoms with E-state index < -0.39 is 5.60 Å². The summed E-state index contributed by atoms with van der Waals surface area (Å²) >= 11 is 0. The molecule has 1 unspecified atom stereocenters. The van der Waals surface area contributed by atoms with E-state index in [-0.39, 0.29) is 0 Å². The van der Waals surface area contributed by atoms with E-state index in [0.29, 0.717) is 18.3 Å². The molecule has 1 heterocycles. The molecule has 0 aliphatic heterocycles. The highest BCUT2D eigenvalue weighted by atomic mass is 16.4. The molecule has 0 aliphatic rings. The molecule has 0 fully saturated rings. The van der Waals surface area contributed by atoms with Gasteiger partial charge in [-0.1, -0.05) is 13.8 Å². The van der Waals surface area contributed by atoms with Crippen molar-refractivity contribution in [3.63, 3.8) is 0 Å². The summed E-state index contributed by atoms with van der Waals surface area (Å²) in [5.41, 5.74) is -0.925. The minimum absolute atomic E-state index is 0.464. The van der Waals surface area contributed by atoms with Gasteiger partial charge < -0.3 is 14.8 Å². The lowest BCUT2D eigenvalue weighted by Crippen LogP contribution is -2.40. The third kappa shape index (κ3) is 3.36. The van der Waals surface area contributed by atoms with Crippen molar-refractivity contribution in [1.29, 1.82) is 0 Å². The van der Waals surface area contributed by atoms with E-state index >= 15 is 0 Å². The molecular formula is C12H21NO2. The standard InChI is InChI=1S/C12H21NO2/c1-4-10(5-2)13-9-12(3,14)11-7-6-8-15-11/h6-8,10,13-14H,4-5,9H2,1-3H3. The maximum absolute atomic E-state index is 10.2. The van der Waals surface area contributed by atoms with Crippen molar-refractivity contribution in [1.82, 2.24) is 5.32 Å². The molecule has 0 aliphatic carbocycles. The maximum Gasteiger partial charge on any atom is 0.136 e. The van der Waals surface area contributed by atoms with Crippen molar-refractivity contribution in [3.8, 4) is 0 Å². The lowest BCUT2D eigenvalue weighted by Gasteiger charge is -2.24. The van der Waals surface area contributed by atoms with Gasteiger partial charge in [0.25, 0.3) is 0 Å². The summed E-state index contributed by atoms with van der Waals surface area (Å²) in [6.07, 6.45) is 3.73. The van der Waals surface area contributed by atoms with Gasteiger partial charge in [0, 0.05) is 12.6 Å². The molecule has 1 atom stereocenters. The van der Waals surface area contributed by atoms with Gasteiger partial charge in [0.2, 0.25) is 0 Å². The van der Waals surface area contributed by atoms with Gasteiger partial charge >= 0.3 is 0 Å². The molecule has 0 bridgehead atoms. The Morgan fingerprint density at radius 2 is 2.13 bits per heavy atom. The van der Waals surface area contributed by atoms with Gasteiger partial charge in [-0.2, -0.15) is 0 Å². The Hall–Kier alpha value is -0.800. The molecule has 1 rings (SSSR count). The molecule has 2 N–H and O–H groups in total. The molecule has 3 nitrogen and oxygen atoms in total. The van der Waals surface area contributed by atoms with Crippen LogP contribution in [0.5, 0.6) is 0 Å². The first kappa shape index (κ1) is 12.3. The predicted octanol–water partition coefficient (Wildman–Crippen LogP) is 2.27. The van der Waals surface area contributed by atoms with Crippen molar-refractivity contribution in [2.45, 2.75) is 45.3 Å². The van der Waals surface area contributed by atoms with Crippen molar-refractivity contribution in [3.05, 3.63) is 24.2 Å². The van der Waals surface area contributed by atoms with Gasteiger partial charge in [0.15, 0.2) is 0 Å². The molecule has 1 aromatic rings. The summed E-state index contributed by atoms with van der Waals surface area (Å²) in [5.74, 6) is 0.612. The minimum atomic E-state index is -0.925. The molecule has 0 spiro atoms. The molecule has 0 amide bonds. The zero-order chi connectivity index (χ0) is 11.3. The fraction of sp³-hybridized carbons (Fsp3) is 0.667. The molecule has 15 heavy (non-hydrogen) atoms. The Morgan fingerprint density at radius 3 is 2.60 bits per heavy atom. The topological polar surface area (TPSA) is 45.4 Å². The summed E-state index contributed by atoms with van der Waals surface area (Å²) in [6.45, 7) is 6.57. The second-order valence-corrected chi connectivity index (χ2v) is 4.15. The highest BCUT2D eigenvalue weighted by Gasteiger charge is 2.26. The van der Waals surface area contributed by atoms with E-state index in [1.807, 2.05) is 0 Å². The van der Waals surface area contributed by atoms with Gasteiger partial charge in [0.1, 0.15) is 11.4 Å². The molecule has 0 saturated carbocycles. The van der Waals surface area contributed by atoms with E-state index in [9.17, 15) is 5.11 Å². The average Bonchev–Trinajstić information content (AvgIpc) is 2.72. The van der Waals surface area contributed by atoms with E-state index in [0.717, 1.165) is 12.8 Å². The van der Waals surface area contributed by atoms with E-state index in [4.69, 9.17) is 4.42 Å². The van der Waals surface area contributed by atoms with Crippen LogP contribution in [0.2, 0.25) is 0 Å². The second-order valence-electron chi connectivity index (χ2n) is 4.15. The first-order chi connectivity index (χ1) is 7.10. The summed E-state index contributed by atoms with van der Waals surface area (Å²) in [5, 5.41) is 13.5. The first-order valence-electron chi connectivity index (χ1n) is 5.60. The zero-order valence-electron chi connectivity index (χ0n) is 9.79. The van der Waals surface area contributed by atoms with E-state index in [1.54, 1.807) is 25.3 Å². The molecule has 1 aromatic heterocycles. The van der Waals surface area contributed by atoms with Crippen molar-refractivity contribution < 1.29 is 9.52 Å². The van der Waals surface area contributed by atoms with Crippen molar-refractivity contribution >= 4 is 0 Å². The van der Waals surface area contributed by atoms with Gasteiger partial charge in [-0.15, -0.1) is 0 Å². The molecule has 86 valence electrons. The highest BCUT2D eigenvalue weighted by molar-refractivity contribution is 5.08. The monoisotopic (exact) mass is 211 g/mol. The third-order valence-corrected chi connectivity index (χ3v) is 2.77. The van der Waals surface area contributed by atoms with Crippen LogP contribution in [0.4, 0.5) is 0 Å². The van der Waals surface area contributed by atoms with Gasteiger partial charge in [0.05, 0.1) is 6.26 Å². The fourth-order valence-electron chi connectivity index (χ4n) is 1.59. The summed E-state index contributed by atoms with van der Waals surface area (Å²) < 4.78 is 5.21. The number of nitrogens with one attached hydrogen (secondary N) is 1. The van der Waals surface area contributed by atoms with Crippen LogP contribution in [0.1, 0.15) is 39.4 Å². The third-order valence-electron chi connectivity index (χ3n) is 2.77. The predicted molar refractivity (Wildman–Crippen MR) is 60.7 cm³/mol. The molecular weight excluding hydrogens is 190 g/mol. The molecule has 0 aromatic carbocycles. The lowest BCUT2D eigenvalue weighted by molar-refractivity contribution is 0.0313. The van der Waals surface area contributed by atoms with Gasteiger partial charge in [-0.25, -0.2) is 0 Å². The smallest absolute Gasteiger partial charge is 0.136 e. The Balaban J connectivity index is 2.50. The fourth-order valence-corrected chi connectivity index (χ4v) is 1.59. The number of hydrogen-bond acceptors (Lipinski definition) is 3. The molecule has 3 heteroatoms. The largest absolute Gasteiger partial charge is 0.466 e. The summed E-state index contributed by atoms with van der Waals surface area (Å²) in [4.78, 5) is 0. The number of hydrogen-bond donors (Lipinski definition) is 2. The van der Waals surface area contributed by atoms with Crippen molar-refractivity contribution in [2.24, 2.45) is 0 Å². The van der Waals surface area contributed by atoms with E-state index in [1.165, 1.54) is 0 Å². The minimum Gasteiger partial charge on any atom is -0.466 e. The Morgan fingerprint density at radius 1 is 1.47 bits per heavy atom. The SMILES string of the molecule is CCC(CC)NCC(C)(O)c1ccco1. The average molecular weight is 211 g/mol. The Kier molecular flexibility index (Phi) is 4.36. The van der Waals surface area contributed by atoms with Crippen LogP contribution in [0, 0.1) is 0 Å². The number of rotatable bonds is 6. The highest BCUT2D eigenvalue weighted by Crippen LogP contribution is 2.20. The van der Waals surface area contributed by atoms with E-state index in [2.05, 4.69) is 19.2 Å². The van der Waals surface area contributed by atoms with Crippen LogP contribution in [-0.2, 0) is 5.60 Å². The Labute approximate surface area is 91.5 Å². The quantitative estimate of drug-likeness (QED) is 0.758. The number of aliphatic hydroxyl groups is 1. The maximum atomic E-state index is 10.2. The Bertz CT molecular complexity index is 263. The summed E-state index contributed by atoms with van der Waals surface area (Å²) in [6, 6.07) is 4.06. The second kappa shape index (κ2) is 5.33. The van der Waals surface area contributed by atoms with Crippen LogP contribution in [0.15, 0.2) is 22.8 Å². The van der Waals surface area contributed by atoms with Crippen molar-refractivity contribution in [2.75, 3.05) is 6.54 Å². The zero-order valence-corrected chi connectivity index (χ0v) is 9.79. The molecule has 0 saturated heterocycles. The van der Waals surface area contributed by atoms with Crippen LogP contribution < -0.4 is 5.32 Å². The van der Waals surface area contributed by atoms with Gasteiger partial charge in [-0.3, -0.25) is 0 Å².